The van der Waals surface area contributed by atoms with Crippen molar-refractivity contribution in [1.82, 2.24) is 15.0 Å². The maximum atomic E-state index is 5.68. The van der Waals surface area contributed by atoms with Crippen LogP contribution in [0.4, 0.5) is 0 Å². The molecule has 2 heterocycles. The van der Waals surface area contributed by atoms with Gasteiger partial charge in [-0.15, -0.1) is 0 Å². The minimum Gasteiger partial charge on any atom is -0.338 e. The number of aryl methyl sites for hydroxylation is 1. The topological polar surface area (TPSA) is 68.2 Å². The van der Waals surface area contributed by atoms with Crippen molar-refractivity contribution < 1.29 is 4.52 Å². The number of rotatable bonds is 5. The molecular formula is C12H22N4O. The maximum Gasteiger partial charge on any atom is 0.240 e. The van der Waals surface area contributed by atoms with Crippen LogP contribution in [-0.2, 0) is 13.0 Å². The molecule has 5 nitrogen and oxygen atoms in total. The number of piperidine rings is 1. The molecule has 1 aromatic rings. The van der Waals surface area contributed by atoms with E-state index < -0.39 is 0 Å². The van der Waals surface area contributed by atoms with E-state index in [9.17, 15) is 0 Å². The Hall–Kier alpha value is -0.940. The van der Waals surface area contributed by atoms with Gasteiger partial charge in [-0.1, -0.05) is 12.1 Å². The Kier molecular flexibility index (Phi) is 4.50. The molecule has 0 bridgehead atoms. The molecule has 0 spiro atoms. The second-order valence-electron chi connectivity index (χ2n) is 4.81. The third kappa shape index (κ3) is 3.51. The van der Waals surface area contributed by atoms with Crippen LogP contribution in [0.1, 0.15) is 37.9 Å². The van der Waals surface area contributed by atoms with Crippen LogP contribution in [0.3, 0.4) is 0 Å². The summed E-state index contributed by atoms with van der Waals surface area (Å²) in [6.07, 6.45) is 4.33. The van der Waals surface area contributed by atoms with E-state index in [-0.39, 0.29) is 0 Å². The summed E-state index contributed by atoms with van der Waals surface area (Å²) in [4.78, 5) is 6.76. The van der Waals surface area contributed by atoms with Crippen molar-refractivity contribution in [3.8, 4) is 0 Å². The first-order valence-electron chi connectivity index (χ1n) is 6.55. The SMILES string of the molecule is CCCc1noc(CN2CCC(CN)CC2)n1. The number of nitrogens with zero attached hydrogens (tertiary/aromatic N) is 3. The molecule has 0 unspecified atom stereocenters. The zero-order valence-electron chi connectivity index (χ0n) is 10.6. The van der Waals surface area contributed by atoms with Crippen molar-refractivity contribution in [3.05, 3.63) is 11.7 Å². The van der Waals surface area contributed by atoms with Crippen LogP contribution in [0.5, 0.6) is 0 Å². The largest absolute Gasteiger partial charge is 0.338 e. The van der Waals surface area contributed by atoms with E-state index >= 15 is 0 Å². The average molecular weight is 238 g/mol. The normalized spacial score (nSPS) is 18.7. The predicted octanol–water partition coefficient (Wildman–Crippen LogP) is 1.19. The summed E-state index contributed by atoms with van der Waals surface area (Å²) in [5, 5.41) is 3.97. The summed E-state index contributed by atoms with van der Waals surface area (Å²) in [5.41, 5.74) is 5.68. The van der Waals surface area contributed by atoms with E-state index in [2.05, 4.69) is 22.0 Å². The minimum atomic E-state index is 0.699. The molecule has 1 aliphatic heterocycles. The zero-order chi connectivity index (χ0) is 12.1. The highest BCUT2D eigenvalue weighted by atomic mass is 16.5. The average Bonchev–Trinajstić information content (AvgIpc) is 2.78. The Bertz CT molecular complexity index is 331. The molecular weight excluding hydrogens is 216 g/mol. The number of hydrogen-bond donors (Lipinski definition) is 1. The Morgan fingerprint density at radius 1 is 1.41 bits per heavy atom. The molecule has 1 aromatic heterocycles. The lowest BCUT2D eigenvalue weighted by Crippen LogP contribution is -2.35. The molecule has 0 aliphatic carbocycles. The van der Waals surface area contributed by atoms with Crippen LogP contribution in [0, 0.1) is 5.92 Å². The summed E-state index contributed by atoms with van der Waals surface area (Å²) in [5.74, 6) is 2.28. The van der Waals surface area contributed by atoms with Crippen molar-refractivity contribution in [3.63, 3.8) is 0 Å². The zero-order valence-corrected chi connectivity index (χ0v) is 10.6. The molecule has 1 fully saturated rings. The highest BCUT2D eigenvalue weighted by Crippen LogP contribution is 2.17. The van der Waals surface area contributed by atoms with Gasteiger partial charge < -0.3 is 10.3 Å². The Morgan fingerprint density at radius 3 is 2.82 bits per heavy atom. The van der Waals surface area contributed by atoms with E-state index in [4.69, 9.17) is 10.3 Å². The number of nitrogens with two attached hydrogens (primary N) is 1. The second-order valence-corrected chi connectivity index (χ2v) is 4.81. The second kappa shape index (κ2) is 6.12. The van der Waals surface area contributed by atoms with Crippen LogP contribution in [0.25, 0.3) is 0 Å². The van der Waals surface area contributed by atoms with Gasteiger partial charge in [0.25, 0.3) is 0 Å². The first kappa shape index (κ1) is 12.5. The summed E-state index contributed by atoms with van der Waals surface area (Å²) in [6, 6.07) is 0. The first-order chi connectivity index (χ1) is 8.31. The molecule has 0 radical (unpaired) electrons. The highest BCUT2D eigenvalue weighted by molar-refractivity contribution is 4.87. The van der Waals surface area contributed by atoms with Gasteiger partial charge in [0.15, 0.2) is 5.82 Å². The molecule has 5 heteroatoms. The maximum absolute atomic E-state index is 5.68. The van der Waals surface area contributed by atoms with Gasteiger partial charge in [0, 0.05) is 6.42 Å². The monoisotopic (exact) mass is 238 g/mol. The van der Waals surface area contributed by atoms with E-state index in [0.29, 0.717) is 5.92 Å². The molecule has 17 heavy (non-hydrogen) atoms. The van der Waals surface area contributed by atoms with E-state index in [1.807, 2.05) is 0 Å². The summed E-state index contributed by atoms with van der Waals surface area (Å²) < 4.78 is 5.25. The van der Waals surface area contributed by atoms with Crippen LogP contribution >= 0.6 is 0 Å². The number of hydrogen-bond acceptors (Lipinski definition) is 5. The Morgan fingerprint density at radius 2 is 2.18 bits per heavy atom. The number of aromatic nitrogens is 2. The molecule has 0 aromatic carbocycles. The molecule has 0 atom stereocenters. The summed E-state index contributed by atoms with van der Waals surface area (Å²) in [7, 11) is 0. The van der Waals surface area contributed by atoms with Gasteiger partial charge in [-0.3, -0.25) is 4.90 Å². The van der Waals surface area contributed by atoms with Crippen LogP contribution in [-0.4, -0.2) is 34.7 Å². The van der Waals surface area contributed by atoms with Gasteiger partial charge in [-0.25, -0.2) is 0 Å². The molecule has 1 saturated heterocycles. The van der Waals surface area contributed by atoms with Gasteiger partial charge in [0.1, 0.15) is 0 Å². The fraction of sp³-hybridized carbons (Fsp3) is 0.833. The third-order valence-corrected chi connectivity index (χ3v) is 3.38. The van der Waals surface area contributed by atoms with Gasteiger partial charge in [0.05, 0.1) is 6.54 Å². The van der Waals surface area contributed by atoms with E-state index in [1.165, 1.54) is 12.8 Å². The van der Waals surface area contributed by atoms with Crippen LogP contribution in [0.15, 0.2) is 4.52 Å². The van der Waals surface area contributed by atoms with Crippen molar-refractivity contribution in [1.29, 1.82) is 0 Å². The minimum absolute atomic E-state index is 0.699. The number of likely N-dealkylation sites (tertiary alicyclic amines) is 1. The standard InChI is InChI=1S/C12H22N4O/c1-2-3-11-14-12(17-15-11)9-16-6-4-10(8-13)5-7-16/h10H,2-9,13H2,1H3. The van der Waals surface area contributed by atoms with Gasteiger partial charge in [-0.2, -0.15) is 4.98 Å². The summed E-state index contributed by atoms with van der Waals surface area (Å²) >= 11 is 0. The lowest BCUT2D eigenvalue weighted by atomic mass is 9.97. The fourth-order valence-corrected chi connectivity index (χ4v) is 2.25. The van der Waals surface area contributed by atoms with Crippen LogP contribution < -0.4 is 5.73 Å². The molecule has 2 rings (SSSR count). The van der Waals surface area contributed by atoms with Crippen molar-refractivity contribution >= 4 is 0 Å². The Labute approximate surface area is 102 Å². The third-order valence-electron chi connectivity index (χ3n) is 3.38. The Balaban J connectivity index is 1.80. The lowest BCUT2D eigenvalue weighted by molar-refractivity contribution is 0.161. The van der Waals surface area contributed by atoms with E-state index in [1.54, 1.807) is 0 Å². The molecule has 1 aliphatic rings. The molecule has 96 valence electrons. The lowest BCUT2D eigenvalue weighted by Gasteiger charge is -2.30. The van der Waals surface area contributed by atoms with Gasteiger partial charge in [-0.05, 0) is 44.8 Å². The van der Waals surface area contributed by atoms with Crippen LogP contribution in [0.2, 0.25) is 0 Å². The van der Waals surface area contributed by atoms with Gasteiger partial charge >= 0.3 is 0 Å². The smallest absolute Gasteiger partial charge is 0.240 e. The quantitative estimate of drug-likeness (QED) is 0.834. The molecule has 2 N–H and O–H groups in total. The summed E-state index contributed by atoms with van der Waals surface area (Å²) in [6.45, 7) is 5.90. The predicted molar refractivity (Wildman–Crippen MR) is 65.3 cm³/mol. The first-order valence-corrected chi connectivity index (χ1v) is 6.55. The van der Waals surface area contributed by atoms with Gasteiger partial charge in [0.2, 0.25) is 5.89 Å². The van der Waals surface area contributed by atoms with Crippen molar-refractivity contribution in [2.75, 3.05) is 19.6 Å². The highest BCUT2D eigenvalue weighted by Gasteiger charge is 2.19. The van der Waals surface area contributed by atoms with Crippen molar-refractivity contribution in [2.45, 2.75) is 39.2 Å². The van der Waals surface area contributed by atoms with E-state index in [0.717, 1.165) is 50.7 Å². The molecule has 0 amide bonds. The molecule has 0 saturated carbocycles. The fourth-order valence-electron chi connectivity index (χ4n) is 2.25. The van der Waals surface area contributed by atoms with Crippen molar-refractivity contribution in [2.24, 2.45) is 11.7 Å².